The van der Waals surface area contributed by atoms with Crippen LogP contribution in [0.5, 0.6) is 0 Å². The van der Waals surface area contributed by atoms with Gasteiger partial charge in [0, 0.05) is 28.3 Å². The lowest BCUT2D eigenvalue weighted by atomic mass is 9.83. The number of benzene rings is 4. The molecule has 0 spiro atoms. The number of carbonyl (C=O) groups is 3. The molecule has 0 fully saturated rings. The van der Waals surface area contributed by atoms with Gasteiger partial charge in [0.2, 0.25) is 0 Å². The highest BCUT2D eigenvalue weighted by molar-refractivity contribution is 6.19. The van der Waals surface area contributed by atoms with Crippen molar-refractivity contribution in [3.63, 3.8) is 0 Å². The summed E-state index contributed by atoms with van der Waals surface area (Å²) < 4.78 is 5.78. The molecule has 0 bridgehead atoms. The second-order valence-electron chi connectivity index (χ2n) is 8.46. The van der Waals surface area contributed by atoms with Gasteiger partial charge in [-0.05, 0) is 35.4 Å². The number of fused-ring (bicyclic) bond motifs is 3. The number of nitrogens with two attached hydrogens (primary N) is 1. The predicted molar refractivity (Wildman–Crippen MR) is 133 cm³/mol. The number of carboxylic acid groups (broad SMARTS) is 1. The van der Waals surface area contributed by atoms with Crippen LogP contribution in [0.15, 0.2) is 101 Å². The lowest BCUT2D eigenvalue weighted by Crippen LogP contribution is -2.56. The zero-order chi connectivity index (χ0) is 24.6. The molecule has 3 N–H and O–H groups in total. The molecule has 5 aromatic rings. The van der Waals surface area contributed by atoms with E-state index >= 15 is 0 Å². The Morgan fingerprint density at radius 3 is 2.03 bits per heavy atom. The minimum atomic E-state index is -2.40. The molecule has 0 amide bonds. The van der Waals surface area contributed by atoms with Gasteiger partial charge < -0.3 is 15.3 Å². The number of para-hydroxylation sites is 1. The fourth-order valence-electron chi connectivity index (χ4n) is 4.21. The Balaban J connectivity index is 1.43. The fourth-order valence-corrected chi connectivity index (χ4v) is 4.21. The molecule has 0 aliphatic heterocycles. The SMILES string of the molecule is NC(CC(=O)c1ccc2oc3ccccc3c2c1)(C(=O)O)C(=O)c1ccc(-c2ccccc2)cc1. The number of rotatable bonds is 7. The normalized spacial score (nSPS) is 12.9. The van der Waals surface area contributed by atoms with Gasteiger partial charge in [-0.25, -0.2) is 4.79 Å². The summed E-state index contributed by atoms with van der Waals surface area (Å²) in [6.07, 6.45) is -0.678. The monoisotopic (exact) mass is 463 g/mol. The quantitative estimate of drug-likeness (QED) is 0.244. The van der Waals surface area contributed by atoms with Gasteiger partial charge in [0.25, 0.3) is 0 Å². The molecule has 35 heavy (non-hydrogen) atoms. The van der Waals surface area contributed by atoms with E-state index in [1.54, 1.807) is 30.3 Å². The number of furan rings is 1. The maximum absolute atomic E-state index is 13.2. The average molecular weight is 463 g/mol. The highest BCUT2D eigenvalue weighted by Gasteiger charge is 2.44. The standard InChI is InChI=1S/C29H21NO5/c30-29(28(33)34,27(32)20-12-10-19(11-13-20)18-6-2-1-3-7-18)17-24(31)21-14-15-26-23(16-21)22-8-4-5-9-25(22)35-26/h1-16H,17,30H2,(H,33,34). The van der Waals surface area contributed by atoms with Crippen LogP contribution in [0.4, 0.5) is 0 Å². The van der Waals surface area contributed by atoms with Gasteiger partial charge in [-0.1, -0.05) is 72.8 Å². The maximum atomic E-state index is 13.2. The minimum Gasteiger partial charge on any atom is -0.480 e. The number of Topliss-reactive ketones (excluding diaryl/α,β-unsaturated/α-hetero) is 2. The summed E-state index contributed by atoms with van der Waals surface area (Å²) in [5.41, 5.74) is 7.19. The van der Waals surface area contributed by atoms with E-state index in [1.165, 1.54) is 12.1 Å². The number of ketones is 2. The number of aliphatic carboxylic acids is 1. The minimum absolute atomic E-state index is 0.124. The molecular weight excluding hydrogens is 442 g/mol. The Morgan fingerprint density at radius 2 is 1.31 bits per heavy atom. The molecule has 6 heteroatoms. The zero-order valence-electron chi connectivity index (χ0n) is 18.6. The molecule has 0 saturated carbocycles. The van der Waals surface area contributed by atoms with E-state index in [0.29, 0.717) is 11.2 Å². The van der Waals surface area contributed by atoms with Gasteiger partial charge >= 0.3 is 5.97 Å². The van der Waals surface area contributed by atoms with Gasteiger partial charge in [-0.15, -0.1) is 0 Å². The average Bonchev–Trinajstić information content (AvgIpc) is 3.26. The molecule has 0 saturated heterocycles. The van der Waals surface area contributed by atoms with E-state index in [-0.39, 0.29) is 11.1 Å². The Bertz CT molecular complexity index is 1580. The van der Waals surface area contributed by atoms with Gasteiger partial charge in [-0.2, -0.15) is 0 Å². The molecule has 4 aromatic carbocycles. The number of hydrogen-bond donors (Lipinski definition) is 2. The summed E-state index contributed by atoms with van der Waals surface area (Å²) in [7, 11) is 0. The Hall–Kier alpha value is -4.55. The topological polar surface area (TPSA) is 111 Å². The van der Waals surface area contributed by atoms with Crippen molar-refractivity contribution < 1.29 is 23.9 Å². The van der Waals surface area contributed by atoms with Crippen molar-refractivity contribution in [2.45, 2.75) is 12.0 Å². The summed E-state index contributed by atoms with van der Waals surface area (Å²) in [6, 6.07) is 28.4. The summed E-state index contributed by atoms with van der Waals surface area (Å²) in [6.45, 7) is 0. The summed E-state index contributed by atoms with van der Waals surface area (Å²) >= 11 is 0. The van der Waals surface area contributed by atoms with Crippen molar-refractivity contribution in [2.75, 3.05) is 0 Å². The highest BCUT2D eigenvalue weighted by Crippen LogP contribution is 2.30. The first-order valence-electron chi connectivity index (χ1n) is 11.0. The van der Waals surface area contributed by atoms with Crippen LogP contribution < -0.4 is 5.73 Å². The predicted octanol–water partition coefficient (Wildman–Crippen LogP) is 5.49. The summed E-state index contributed by atoms with van der Waals surface area (Å²) in [5, 5.41) is 11.4. The second-order valence-corrected chi connectivity index (χ2v) is 8.46. The zero-order valence-corrected chi connectivity index (χ0v) is 18.6. The van der Waals surface area contributed by atoms with Crippen LogP contribution in [0.3, 0.4) is 0 Å². The first-order chi connectivity index (χ1) is 16.9. The van der Waals surface area contributed by atoms with E-state index in [2.05, 4.69) is 0 Å². The largest absolute Gasteiger partial charge is 0.480 e. The van der Waals surface area contributed by atoms with Crippen molar-refractivity contribution in [1.29, 1.82) is 0 Å². The van der Waals surface area contributed by atoms with Crippen LogP contribution in [0.25, 0.3) is 33.1 Å². The molecule has 0 aliphatic carbocycles. The molecule has 5 rings (SSSR count). The number of carboxylic acids is 1. The molecule has 1 aromatic heterocycles. The number of carbonyl (C=O) groups excluding carboxylic acids is 2. The van der Waals surface area contributed by atoms with E-state index in [1.807, 2.05) is 54.6 Å². The van der Waals surface area contributed by atoms with Crippen LogP contribution in [-0.4, -0.2) is 28.2 Å². The molecule has 0 aliphatic rings. The highest BCUT2D eigenvalue weighted by atomic mass is 16.4. The van der Waals surface area contributed by atoms with Crippen molar-refractivity contribution in [3.8, 4) is 11.1 Å². The van der Waals surface area contributed by atoms with E-state index in [9.17, 15) is 19.5 Å². The molecule has 0 radical (unpaired) electrons. The van der Waals surface area contributed by atoms with Crippen molar-refractivity contribution in [2.24, 2.45) is 5.73 Å². The Kier molecular flexibility index (Phi) is 5.51. The van der Waals surface area contributed by atoms with Crippen molar-refractivity contribution in [3.05, 3.63) is 108 Å². The summed E-state index contributed by atoms with van der Waals surface area (Å²) in [5.74, 6) is -2.93. The van der Waals surface area contributed by atoms with Crippen LogP contribution in [0.1, 0.15) is 27.1 Å². The first-order valence-corrected chi connectivity index (χ1v) is 11.0. The summed E-state index contributed by atoms with van der Waals surface area (Å²) in [4.78, 5) is 38.4. The molecule has 6 nitrogen and oxygen atoms in total. The smallest absolute Gasteiger partial charge is 0.332 e. The fraction of sp³-hybridized carbons (Fsp3) is 0.0690. The van der Waals surface area contributed by atoms with E-state index in [4.69, 9.17) is 10.2 Å². The van der Waals surface area contributed by atoms with Crippen LogP contribution in [0.2, 0.25) is 0 Å². The molecule has 1 heterocycles. The molecular formula is C29H21NO5. The third kappa shape index (κ3) is 4.00. The Morgan fingerprint density at radius 1 is 0.714 bits per heavy atom. The van der Waals surface area contributed by atoms with Crippen molar-refractivity contribution in [1.82, 2.24) is 0 Å². The van der Waals surface area contributed by atoms with E-state index in [0.717, 1.165) is 21.9 Å². The molecule has 1 unspecified atom stereocenters. The second kappa shape index (κ2) is 8.66. The van der Waals surface area contributed by atoms with Gasteiger partial charge in [-0.3, -0.25) is 9.59 Å². The number of hydrogen-bond acceptors (Lipinski definition) is 5. The van der Waals surface area contributed by atoms with Crippen LogP contribution in [0, 0.1) is 0 Å². The third-order valence-electron chi connectivity index (χ3n) is 6.18. The lowest BCUT2D eigenvalue weighted by molar-refractivity contribution is -0.141. The molecule has 1 atom stereocenters. The van der Waals surface area contributed by atoms with Gasteiger partial charge in [0.1, 0.15) is 11.2 Å². The van der Waals surface area contributed by atoms with Gasteiger partial charge in [0.15, 0.2) is 17.1 Å². The maximum Gasteiger partial charge on any atom is 0.332 e. The molecule has 172 valence electrons. The van der Waals surface area contributed by atoms with E-state index < -0.39 is 29.5 Å². The van der Waals surface area contributed by atoms with Crippen LogP contribution in [-0.2, 0) is 4.79 Å². The third-order valence-corrected chi connectivity index (χ3v) is 6.18. The van der Waals surface area contributed by atoms with Gasteiger partial charge in [0.05, 0.1) is 0 Å². The van der Waals surface area contributed by atoms with Crippen LogP contribution >= 0.6 is 0 Å². The first kappa shape index (κ1) is 22.3. The Labute approximate surface area is 200 Å². The van der Waals surface area contributed by atoms with Crippen molar-refractivity contribution >= 4 is 39.5 Å². The lowest BCUT2D eigenvalue weighted by Gasteiger charge is -2.22.